The molecule has 0 aliphatic carbocycles. The molecule has 270 valence electrons. The van der Waals surface area contributed by atoms with Crippen LogP contribution in [0.25, 0.3) is 0 Å². The number of hydrogen-bond acceptors (Lipinski definition) is 12. The summed E-state index contributed by atoms with van der Waals surface area (Å²) in [5.41, 5.74) is -0.615. The SMILES string of the molecule is CNC(=O)CCC(C=O)N(C)C(=O)c1cccc(OCC(=O)NCCOCCOCCOCCOCCNC(=O)OC(C)(C)C)c1C=O. The van der Waals surface area contributed by atoms with E-state index in [1.54, 1.807) is 20.8 Å². The van der Waals surface area contributed by atoms with Crippen molar-refractivity contribution in [3.8, 4) is 5.75 Å². The third kappa shape index (κ3) is 18.3. The van der Waals surface area contributed by atoms with Crippen LogP contribution in [0.2, 0.25) is 0 Å². The summed E-state index contributed by atoms with van der Waals surface area (Å²) < 4.78 is 32.2. The monoisotopic (exact) mass is 682 g/mol. The Morgan fingerprint density at radius 3 is 1.92 bits per heavy atom. The number of amides is 4. The van der Waals surface area contributed by atoms with E-state index in [0.717, 1.165) is 4.90 Å². The standard InChI is InChI=1S/C32H50N4O12/c1-32(2,3)48-31(42)35-12-14-44-16-18-46-20-19-45-17-15-43-13-11-34-29(40)23-47-27-8-6-7-25(26(27)22-38)30(41)36(5)24(21-37)9-10-28(39)33-4/h6-8,21-22,24H,9-20,23H2,1-5H3,(H,33,39)(H,34,40)(H,35,42). The number of carbonyl (C=O) groups excluding carboxylic acids is 6. The number of carbonyl (C=O) groups is 6. The second kappa shape index (κ2) is 24.1. The lowest BCUT2D eigenvalue weighted by molar-refractivity contribution is -0.123. The highest BCUT2D eigenvalue weighted by atomic mass is 16.6. The molecular formula is C32H50N4O12. The van der Waals surface area contributed by atoms with Crippen LogP contribution >= 0.6 is 0 Å². The first-order valence-corrected chi connectivity index (χ1v) is 15.6. The van der Waals surface area contributed by atoms with E-state index in [2.05, 4.69) is 16.0 Å². The fourth-order valence-corrected chi connectivity index (χ4v) is 3.83. The van der Waals surface area contributed by atoms with Crippen molar-refractivity contribution in [1.29, 1.82) is 0 Å². The number of hydrogen-bond donors (Lipinski definition) is 3. The molecule has 3 N–H and O–H groups in total. The molecule has 0 aliphatic heterocycles. The molecule has 0 spiro atoms. The molecule has 0 saturated heterocycles. The van der Waals surface area contributed by atoms with Gasteiger partial charge in [-0.15, -0.1) is 0 Å². The molecule has 48 heavy (non-hydrogen) atoms. The van der Waals surface area contributed by atoms with Crippen molar-refractivity contribution in [2.75, 3.05) is 86.6 Å². The molecule has 0 radical (unpaired) electrons. The van der Waals surface area contributed by atoms with E-state index >= 15 is 0 Å². The quantitative estimate of drug-likeness (QED) is 0.0968. The Hall–Kier alpha value is -4.12. The third-order valence-electron chi connectivity index (χ3n) is 6.29. The van der Waals surface area contributed by atoms with E-state index in [1.807, 2.05) is 0 Å². The maximum atomic E-state index is 13.1. The first kappa shape index (κ1) is 41.9. The van der Waals surface area contributed by atoms with Crippen LogP contribution in [-0.4, -0.2) is 140 Å². The van der Waals surface area contributed by atoms with Gasteiger partial charge in [-0.05, 0) is 39.3 Å². The molecular weight excluding hydrogens is 632 g/mol. The van der Waals surface area contributed by atoms with E-state index in [9.17, 15) is 28.8 Å². The van der Waals surface area contributed by atoms with Gasteiger partial charge in [-0.1, -0.05) is 6.07 Å². The van der Waals surface area contributed by atoms with Crippen LogP contribution in [0.15, 0.2) is 18.2 Å². The highest BCUT2D eigenvalue weighted by Crippen LogP contribution is 2.23. The fraction of sp³-hybridized carbons (Fsp3) is 0.625. The molecule has 0 fully saturated rings. The lowest BCUT2D eigenvalue weighted by atomic mass is 10.0. The highest BCUT2D eigenvalue weighted by Gasteiger charge is 2.25. The lowest BCUT2D eigenvalue weighted by Crippen LogP contribution is -2.39. The lowest BCUT2D eigenvalue weighted by Gasteiger charge is -2.24. The largest absolute Gasteiger partial charge is 0.483 e. The van der Waals surface area contributed by atoms with E-state index < -0.39 is 36.2 Å². The average Bonchev–Trinajstić information content (AvgIpc) is 3.05. The van der Waals surface area contributed by atoms with Crippen molar-refractivity contribution in [2.24, 2.45) is 0 Å². The van der Waals surface area contributed by atoms with Crippen LogP contribution in [0, 0.1) is 0 Å². The summed E-state index contributed by atoms with van der Waals surface area (Å²) >= 11 is 0. The predicted molar refractivity (Wildman–Crippen MR) is 173 cm³/mol. The molecule has 1 atom stereocenters. The van der Waals surface area contributed by atoms with Crippen molar-refractivity contribution in [3.63, 3.8) is 0 Å². The number of aldehydes is 2. The van der Waals surface area contributed by atoms with Gasteiger partial charge in [0.2, 0.25) is 5.91 Å². The molecule has 0 saturated carbocycles. The van der Waals surface area contributed by atoms with Crippen LogP contribution in [-0.2, 0) is 38.1 Å². The van der Waals surface area contributed by atoms with Gasteiger partial charge in [-0.2, -0.15) is 0 Å². The van der Waals surface area contributed by atoms with Crippen LogP contribution in [0.5, 0.6) is 5.75 Å². The smallest absolute Gasteiger partial charge is 0.407 e. The number of likely N-dealkylation sites (N-methyl/N-ethyl adjacent to an activating group) is 1. The average molecular weight is 683 g/mol. The van der Waals surface area contributed by atoms with Crippen molar-refractivity contribution in [2.45, 2.75) is 45.3 Å². The van der Waals surface area contributed by atoms with Crippen molar-refractivity contribution >= 4 is 36.4 Å². The second-order valence-corrected chi connectivity index (χ2v) is 11.2. The van der Waals surface area contributed by atoms with E-state index in [-0.39, 0.29) is 48.8 Å². The number of alkyl carbamates (subject to hydrolysis) is 1. The number of ether oxygens (including phenoxy) is 6. The number of rotatable bonds is 25. The van der Waals surface area contributed by atoms with Gasteiger partial charge in [0.05, 0.1) is 70.0 Å². The van der Waals surface area contributed by atoms with Gasteiger partial charge in [0.25, 0.3) is 11.8 Å². The number of nitrogens with one attached hydrogen (secondary N) is 3. The Labute approximate surface area is 281 Å². The minimum absolute atomic E-state index is 0.00468. The normalized spacial score (nSPS) is 11.6. The molecule has 1 unspecified atom stereocenters. The molecule has 1 aromatic rings. The van der Waals surface area contributed by atoms with Gasteiger partial charge in [0.1, 0.15) is 17.6 Å². The molecule has 4 amide bonds. The first-order valence-electron chi connectivity index (χ1n) is 15.6. The first-order chi connectivity index (χ1) is 22.9. The molecule has 16 heteroatoms. The van der Waals surface area contributed by atoms with Crippen molar-refractivity contribution in [3.05, 3.63) is 29.3 Å². The molecule has 16 nitrogen and oxygen atoms in total. The molecule has 0 bridgehead atoms. The second-order valence-electron chi connectivity index (χ2n) is 11.2. The summed E-state index contributed by atoms with van der Waals surface area (Å²) in [5, 5.41) is 7.69. The van der Waals surface area contributed by atoms with Gasteiger partial charge in [-0.3, -0.25) is 19.2 Å². The van der Waals surface area contributed by atoms with E-state index in [1.165, 1.54) is 32.3 Å². The Morgan fingerprint density at radius 1 is 0.833 bits per heavy atom. The Bertz CT molecular complexity index is 1160. The summed E-state index contributed by atoms with van der Waals surface area (Å²) in [6.45, 7) is 8.26. The van der Waals surface area contributed by atoms with Crippen molar-refractivity contribution in [1.82, 2.24) is 20.9 Å². The summed E-state index contributed by atoms with van der Waals surface area (Å²) in [6.07, 6.45) is 0.683. The third-order valence-corrected chi connectivity index (χ3v) is 6.29. The Balaban J connectivity index is 2.20. The van der Waals surface area contributed by atoms with Crippen LogP contribution in [0.4, 0.5) is 4.79 Å². The van der Waals surface area contributed by atoms with Crippen LogP contribution in [0.1, 0.15) is 54.3 Å². The molecule has 1 aromatic carbocycles. The zero-order valence-electron chi connectivity index (χ0n) is 28.5. The van der Waals surface area contributed by atoms with Crippen molar-refractivity contribution < 1.29 is 57.2 Å². The highest BCUT2D eigenvalue weighted by molar-refractivity contribution is 6.03. The summed E-state index contributed by atoms with van der Waals surface area (Å²) in [6, 6.07) is 3.48. The van der Waals surface area contributed by atoms with E-state index in [0.29, 0.717) is 65.4 Å². The topological polar surface area (TPSA) is 197 Å². The van der Waals surface area contributed by atoms with Gasteiger partial charge in [-0.25, -0.2) is 4.79 Å². The van der Waals surface area contributed by atoms with Crippen LogP contribution in [0.3, 0.4) is 0 Å². The molecule has 0 heterocycles. The summed E-state index contributed by atoms with van der Waals surface area (Å²) in [7, 11) is 2.88. The van der Waals surface area contributed by atoms with E-state index in [4.69, 9.17) is 28.4 Å². The minimum Gasteiger partial charge on any atom is -0.483 e. The maximum absolute atomic E-state index is 13.1. The summed E-state index contributed by atoms with van der Waals surface area (Å²) in [4.78, 5) is 72.9. The van der Waals surface area contributed by atoms with Gasteiger partial charge in [0, 0.05) is 33.6 Å². The molecule has 0 aromatic heterocycles. The number of benzene rings is 1. The van der Waals surface area contributed by atoms with Gasteiger partial charge >= 0.3 is 6.09 Å². The zero-order chi connectivity index (χ0) is 35.8. The Morgan fingerprint density at radius 2 is 1.40 bits per heavy atom. The minimum atomic E-state index is -0.877. The number of nitrogens with zero attached hydrogens (tertiary/aromatic N) is 1. The fourth-order valence-electron chi connectivity index (χ4n) is 3.83. The predicted octanol–water partition coefficient (Wildman–Crippen LogP) is 0.751. The van der Waals surface area contributed by atoms with Gasteiger partial charge in [0.15, 0.2) is 12.9 Å². The summed E-state index contributed by atoms with van der Waals surface area (Å²) in [5.74, 6) is -1.31. The van der Waals surface area contributed by atoms with Gasteiger partial charge < -0.3 is 54.1 Å². The van der Waals surface area contributed by atoms with Crippen LogP contribution < -0.4 is 20.7 Å². The maximum Gasteiger partial charge on any atom is 0.407 e. The molecule has 0 aliphatic rings. The molecule has 1 rings (SSSR count). The Kier molecular flexibility index (Phi) is 21.0. The zero-order valence-corrected chi connectivity index (χ0v) is 28.5.